The lowest BCUT2D eigenvalue weighted by Gasteiger charge is -2.16. The molecule has 9 heteroatoms. The zero-order valence-corrected chi connectivity index (χ0v) is 33.4. The van der Waals surface area contributed by atoms with Crippen LogP contribution in [0.2, 0.25) is 0 Å². The molecule has 0 aromatic carbocycles. The van der Waals surface area contributed by atoms with Crippen molar-refractivity contribution in [3.05, 3.63) is 44.2 Å². The van der Waals surface area contributed by atoms with E-state index in [0.29, 0.717) is 25.7 Å². The second-order valence-corrected chi connectivity index (χ2v) is 15.0. The molecule has 0 amide bonds. The van der Waals surface area contributed by atoms with Crippen molar-refractivity contribution in [3.63, 3.8) is 0 Å². The monoisotopic (exact) mass is 741 g/mol. The minimum atomic E-state index is -0.929. The SMILES string of the molecule is CCCCCCCCCCCCCCCCn1cc(Oc2cn(CCCCCCCCCCCCCCCC)c(C=O)c(O)c2=O)c(=O)c(O)c1C=O. The van der Waals surface area contributed by atoms with E-state index in [9.17, 15) is 29.4 Å². The average Bonchev–Trinajstić information content (AvgIpc) is 3.16. The van der Waals surface area contributed by atoms with E-state index in [0.717, 1.165) is 51.4 Å². The molecule has 0 atom stereocenters. The van der Waals surface area contributed by atoms with Gasteiger partial charge in [-0.1, -0.05) is 181 Å². The fraction of sp³-hybridized carbons (Fsp3) is 0.727. The Kier molecular flexibility index (Phi) is 25.1. The molecule has 0 saturated heterocycles. The number of pyridine rings is 2. The van der Waals surface area contributed by atoms with Gasteiger partial charge >= 0.3 is 0 Å². The van der Waals surface area contributed by atoms with Crippen molar-refractivity contribution in [3.8, 4) is 23.0 Å². The zero-order chi connectivity index (χ0) is 38.5. The first-order chi connectivity index (χ1) is 25.9. The second kappa shape index (κ2) is 29.1. The fourth-order valence-electron chi connectivity index (χ4n) is 7.11. The summed E-state index contributed by atoms with van der Waals surface area (Å²) in [6, 6.07) is 0. The summed E-state index contributed by atoms with van der Waals surface area (Å²) in [5, 5.41) is 21.2. The summed E-state index contributed by atoms with van der Waals surface area (Å²) in [6.07, 6.45) is 37.5. The van der Waals surface area contributed by atoms with E-state index in [1.165, 1.54) is 150 Å². The highest BCUT2D eigenvalue weighted by Gasteiger charge is 2.20. The summed E-state index contributed by atoms with van der Waals surface area (Å²) in [5.41, 5.74) is -2.15. The van der Waals surface area contributed by atoms with Gasteiger partial charge in [-0.3, -0.25) is 19.2 Å². The van der Waals surface area contributed by atoms with Crippen molar-refractivity contribution in [2.24, 2.45) is 0 Å². The largest absolute Gasteiger partial charge is 0.502 e. The van der Waals surface area contributed by atoms with Gasteiger partial charge in [0.25, 0.3) is 10.9 Å². The van der Waals surface area contributed by atoms with Crippen LogP contribution < -0.4 is 15.6 Å². The van der Waals surface area contributed by atoms with Gasteiger partial charge < -0.3 is 24.1 Å². The summed E-state index contributed by atoms with van der Waals surface area (Å²) >= 11 is 0. The number of hydrogen-bond acceptors (Lipinski definition) is 7. The molecular weight excluding hydrogens is 668 g/mol. The molecule has 300 valence electrons. The van der Waals surface area contributed by atoms with Crippen LogP contribution in [0.25, 0.3) is 0 Å². The van der Waals surface area contributed by atoms with Crippen molar-refractivity contribution in [2.75, 3.05) is 0 Å². The maximum atomic E-state index is 13.0. The molecule has 2 N–H and O–H groups in total. The first-order valence-electron chi connectivity index (χ1n) is 21.4. The highest BCUT2D eigenvalue weighted by Crippen LogP contribution is 2.24. The summed E-state index contributed by atoms with van der Waals surface area (Å²) in [5.74, 6) is -2.17. The minimum Gasteiger partial charge on any atom is -0.502 e. The Hall–Kier alpha value is -3.36. The van der Waals surface area contributed by atoms with Crippen molar-refractivity contribution in [2.45, 2.75) is 207 Å². The molecule has 53 heavy (non-hydrogen) atoms. The number of nitrogens with zero attached hydrogens (tertiary/aromatic N) is 2. The number of ether oxygens (including phenoxy) is 1. The van der Waals surface area contributed by atoms with Crippen LogP contribution in [0.1, 0.15) is 215 Å². The third kappa shape index (κ3) is 18.0. The van der Waals surface area contributed by atoms with Crippen LogP contribution >= 0.6 is 0 Å². The van der Waals surface area contributed by atoms with Gasteiger partial charge in [0.1, 0.15) is 11.4 Å². The molecule has 0 bridgehead atoms. The van der Waals surface area contributed by atoms with Gasteiger partial charge in [0.05, 0.1) is 12.4 Å². The van der Waals surface area contributed by atoms with Crippen LogP contribution in [0.15, 0.2) is 22.0 Å². The Morgan fingerprint density at radius 3 is 0.943 bits per heavy atom. The first-order valence-corrected chi connectivity index (χ1v) is 21.4. The molecule has 2 heterocycles. The number of aromatic hydroxyl groups is 2. The lowest BCUT2D eigenvalue weighted by Crippen LogP contribution is -2.19. The van der Waals surface area contributed by atoms with Crippen molar-refractivity contribution >= 4 is 12.6 Å². The van der Waals surface area contributed by atoms with Gasteiger partial charge in [-0.2, -0.15) is 0 Å². The van der Waals surface area contributed by atoms with Crippen molar-refractivity contribution < 1.29 is 24.5 Å². The van der Waals surface area contributed by atoms with Gasteiger partial charge in [-0.25, -0.2) is 0 Å². The van der Waals surface area contributed by atoms with Crippen LogP contribution in [-0.4, -0.2) is 31.9 Å². The normalized spacial score (nSPS) is 11.3. The zero-order valence-electron chi connectivity index (χ0n) is 33.4. The predicted octanol–water partition coefficient (Wildman–Crippen LogP) is 11.8. The van der Waals surface area contributed by atoms with E-state index in [-0.39, 0.29) is 22.9 Å². The van der Waals surface area contributed by atoms with Gasteiger partial charge in [-0.15, -0.1) is 0 Å². The number of unbranched alkanes of at least 4 members (excludes halogenated alkanes) is 26. The summed E-state index contributed by atoms with van der Waals surface area (Å²) in [6.45, 7) is 5.26. The van der Waals surface area contributed by atoms with E-state index in [1.54, 1.807) is 0 Å². The van der Waals surface area contributed by atoms with Crippen molar-refractivity contribution in [1.82, 2.24) is 9.13 Å². The Balaban J connectivity index is 1.85. The molecular formula is C44H72N2O7. The molecule has 0 spiro atoms. The molecule has 0 aliphatic rings. The molecule has 9 nitrogen and oxygen atoms in total. The minimum absolute atomic E-state index is 0.147. The van der Waals surface area contributed by atoms with Gasteiger partial charge in [0.2, 0.25) is 0 Å². The van der Waals surface area contributed by atoms with Crippen LogP contribution in [0.4, 0.5) is 0 Å². The Morgan fingerprint density at radius 2 is 0.698 bits per heavy atom. The molecule has 0 saturated carbocycles. The highest BCUT2D eigenvalue weighted by molar-refractivity contribution is 5.77. The number of hydrogen-bond donors (Lipinski definition) is 2. The van der Waals surface area contributed by atoms with Crippen LogP contribution in [-0.2, 0) is 13.1 Å². The number of rotatable bonds is 34. The molecule has 0 fully saturated rings. The maximum Gasteiger partial charge on any atom is 0.266 e. The topological polar surface area (TPSA) is 128 Å². The smallest absolute Gasteiger partial charge is 0.266 e. The number of carbonyl (C=O) groups is 2. The number of carbonyl (C=O) groups excluding carboxylic acids is 2. The van der Waals surface area contributed by atoms with Crippen LogP contribution in [0.3, 0.4) is 0 Å². The quantitative estimate of drug-likeness (QED) is 0.0540. The predicted molar refractivity (Wildman–Crippen MR) is 216 cm³/mol. The van der Waals surface area contributed by atoms with Crippen LogP contribution in [0, 0.1) is 0 Å². The standard InChI is InChI=1S/C44H72N2O7/c1-3-5-7-9-11-13-15-17-19-21-23-25-27-29-31-45-33-39(43(51)41(49)37(45)35-47)53-40-34-46(38(36-48)42(50)44(40)52)32-30-28-26-24-22-20-18-16-14-12-10-8-6-4-2/h33-36,49-50H,3-32H2,1-2H3. The van der Waals surface area contributed by atoms with Gasteiger partial charge in [-0.05, 0) is 12.8 Å². The van der Waals surface area contributed by atoms with Crippen molar-refractivity contribution in [1.29, 1.82) is 0 Å². The van der Waals surface area contributed by atoms with E-state index in [4.69, 9.17) is 4.74 Å². The molecule has 2 aromatic heterocycles. The summed E-state index contributed by atoms with van der Waals surface area (Å²) in [4.78, 5) is 49.6. The number of aryl methyl sites for hydroxylation is 2. The molecule has 0 radical (unpaired) electrons. The number of aromatic nitrogens is 2. The molecule has 2 aromatic rings. The Morgan fingerprint density at radius 1 is 0.453 bits per heavy atom. The van der Waals surface area contributed by atoms with E-state index >= 15 is 0 Å². The van der Waals surface area contributed by atoms with E-state index < -0.39 is 22.4 Å². The third-order valence-corrected chi connectivity index (χ3v) is 10.5. The van der Waals surface area contributed by atoms with Gasteiger partial charge in [0, 0.05) is 13.1 Å². The van der Waals surface area contributed by atoms with Gasteiger partial charge in [0.15, 0.2) is 35.6 Å². The number of aldehydes is 2. The highest BCUT2D eigenvalue weighted by atomic mass is 16.5. The Labute approximate surface area is 319 Å². The first kappa shape index (κ1) is 45.8. The van der Waals surface area contributed by atoms with E-state index in [1.807, 2.05) is 0 Å². The maximum absolute atomic E-state index is 13.0. The average molecular weight is 741 g/mol. The molecule has 0 aliphatic carbocycles. The Bertz CT molecular complexity index is 1310. The molecule has 2 rings (SSSR count). The van der Waals surface area contributed by atoms with Crippen LogP contribution in [0.5, 0.6) is 23.0 Å². The lowest BCUT2D eigenvalue weighted by atomic mass is 10.0. The second-order valence-electron chi connectivity index (χ2n) is 15.0. The third-order valence-electron chi connectivity index (χ3n) is 10.5. The lowest BCUT2D eigenvalue weighted by molar-refractivity contribution is 0.110. The fourth-order valence-corrected chi connectivity index (χ4v) is 7.11. The summed E-state index contributed by atoms with van der Waals surface area (Å²) in [7, 11) is 0. The summed E-state index contributed by atoms with van der Waals surface area (Å²) < 4.78 is 8.67. The molecule has 0 aliphatic heterocycles. The molecule has 0 unspecified atom stereocenters. The van der Waals surface area contributed by atoms with E-state index in [2.05, 4.69) is 13.8 Å².